The summed E-state index contributed by atoms with van der Waals surface area (Å²) in [6, 6.07) is 12.9. The van der Waals surface area contributed by atoms with Crippen molar-refractivity contribution in [2.75, 3.05) is 6.61 Å². The van der Waals surface area contributed by atoms with E-state index >= 15 is 0 Å². The summed E-state index contributed by atoms with van der Waals surface area (Å²) in [5, 5.41) is 2.80. The number of nitrogens with one attached hydrogen (secondary N) is 1. The number of carbonyl (C=O) groups is 2. The molecule has 4 nitrogen and oxygen atoms in total. The SMILES string of the molecule is Cc1ccccc1CNC(=O)COc1ccc(Br)cc1C=O. The Morgan fingerprint density at radius 3 is 2.77 bits per heavy atom. The fourth-order valence-electron chi connectivity index (χ4n) is 1.94. The van der Waals surface area contributed by atoms with E-state index in [4.69, 9.17) is 4.74 Å². The van der Waals surface area contributed by atoms with E-state index in [9.17, 15) is 9.59 Å². The number of halogens is 1. The molecule has 0 heterocycles. The van der Waals surface area contributed by atoms with Crippen molar-refractivity contribution in [1.82, 2.24) is 5.32 Å². The van der Waals surface area contributed by atoms with Gasteiger partial charge >= 0.3 is 0 Å². The van der Waals surface area contributed by atoms with Gasteiger partial charge in [-0.25, -0.2) is 0 Å². The molecule has 0 bridgehead atoms. The van der Waals surface area contributed by atoms with Crippen LogP contribution in [-0.2, 0) is 11.3 Å². The molecule has 5 heteroatoms. The molecule has 0 fully saturated rings. The van der Waals surface area contributed by atoms with Crippen LogP contribution in [0.25, 0.3) is 0 Å². The van der Waals surface area contributed by atoms with Crippen LogP contribution in [0.2, 0.25) is 0 Å². The molecular formula is C17H16BrNO3. The molecular weight excluding hydrogens is 346 g/mol. The van der Waals surface area contributed by atoms with Crippen LogP contribution in [0.5, 0.6) is 5.75 Å². The van der Waals surface area contributed by atoms with Gasteiger partial charge in [-0.3, -0.25) is 9.59 Å². The Labute approximate surface area is 137 Å². The third kappa shape index (κ3) is 4.43. The monoisotopic (exact) mass is 361 g/mol. The third-order valence-electron chi connectivity index (χ3n) is 3.19. The quantitative estimate of drug-likeness (QED) is 0.803. The van der Waals surface area contributed by atoms with Crippen molar-refractivity contribution in [3.63, 3.8) is 0 Å². The van der Waals surface area contributed by atoms with Crippen molar-refractivity contribution in [2.45, 2.75) is 13.5 Å². The summed E-state index contributed by atoms with van der Waals surface area (Å²) in [6.07, 6.45) is 0.700. The molecule has 22 heavy (non-hydrogen) atoms. The van der Waals surface area contributed by atoms with Gasteiger partial charge in [0.05, 0.1) is 5.56 Å². The number of carbonyl (C=O) groups excluding carboxylic acids is 2. The summed E-state index contributed by atoms with van der Waals surface area (Å²) in [7, 11) is 0. The van der Waals surface area contributed by atoms with E-state index in [-0.39, 0.29) is 12.5 Å². The Balaban J connectivity index is 1.88. The van der Waals surface area contributed by atoms with Gasteiger partial charge in [0.15, 0.2) is 12.9 Å². The van der Waals surface area contributed by atoms with Gasteiger partial charge in [-0.2, -0.15) is 0 Å². The summed E-state index contributed by atoms with van der Waals surface area (Å²) >= 11 is 3.28. The fraction of sp³-hybridized carbons (Fsp3) is 0.176. The molecule has 1 N–H and O–H groups in total. The van der Waals surface area contributed by atoms with Crippen LogP contribution in [0.15, 0.2) is 46.9 Å². The van der Waals surface area contributed by atoms with Gasteiger partial charge in [0.2, 0.25) is 0 Å². The average molecular weight is 362 g/mol. The number of rotatable bonds is 6. The molecule has 0 saturated carbocycles. The first-order valence-corrected chi connectivity index (χ1v) is 7.58. The molecule has 1 amide bonds. The van der Waals surface area contributed by atoms with E-state index in [0.717, 1.165) is 15.6 Å². The van der Waals surface area contributed by atoms with Crippen LogP contribution in [-0.4, -0.2) is 18.8 Å². The van der Waals surface area contributed by atoms with Gasteiger partial charge in [-0.05, 0) is 36.2 Å². The number of aryl methyl sites for hydroxylation is 1. The normalized spacial score (nSPS) is 10.1. The van der Waals surface area contributed by atoms with Crippen molar-refractivity contribution < 1.29 is 14.3 Å². The minimum absolute atomic E-state index is 0.131. The second-order valence-corrected chi connectivity index (χ2v) is 5.71. The molecule has 0 aliphatic carbocycles. The molecule has 2 aromatic carbocycles. The van der Waals surface area contributed by atoms with Crippen molar-refractivity contribution in [3.8, 4) is 5.75 Å². The predicted molar refractivity (Wildman–Crippen MR) is 88.1 cm³/mol. The maximum Gasteiger partial charge on any atom is 0.258 e. The number of hydrogen-bond acceptors (Lipinski definition) is 3. The zero-order valence-electron chi connectivity index (χ0n) is 12.1. The van der Waals surface area contributed by atoms with Crippen LogP contribution < -0.4 is 10.1 Å². The Hall–Kier alpha value is -2.14. The average Bonchev–Trinajstić information content (AvgIpc) is 2.52. The molecule has 0 radical (unpaired) electrons. The van der Waals surface area contributed by atoms with Crippen LogP contribution >= 0.6 is 15.9 Å². The van der Waals surface area contributed by atoms with E-state index in [1.54, 1.807) is 18.2 Å². The second-order valence-electron chi connectivity index (χ2n) is 4.79. The molecule has 0 aliphatic rings. The van der Waals surface area contributed by atoms with E-state index in [2.05, 4.69) is 21.2 Å². The van der Waals surface area contributed by atoms with Crippen molar-refractivity contribution in [3.05, 3.63) is 63.6 Å². The molecule has 2 aromatic rings. The molecule has 0 aliphatic heterocycles. The molecule has 0 spiro atoms. The largest absolute Gasteiger partial charge is 0.483 e. The lowest BCUT2D eigenvalue weighted by atomic mass is 10.1. The minimum atomic E-state index is -0.233. The molecule has 114 valence electrons. The number of aldehydes is 1. The highest BCUT2D eigenvalue weighted by atomic mass is 79.9. The molecule has 0 aromatic heterocycles. The summed E-state index contributed by atoms with van der Waals surface area (Å²) in [5.41, 5.74) is 2.59. The van der Waals surface area contributed by atoms with Gasteiger partial charge in [0.1, 0.15) is 5.75 Å². The van der Waals surface area contributed by atoms with Crippen LogP contribution in [0.4, 0.5) is 0 Å². The summed E-state index contributed by atoms with van der Waals surface area (Å²) in [4.78, 5) is 22.8. The Morgan fingerprint density at radius 1 is 1.27 bits per heavy atom. The van der Waals surface area contributed by atoms with Crippen molar-refractivity contribution in [1.29, 1.82) is 0 Å². The maximum absolute atomic E-state index is 11.8. The van der Waals surface area contributed by atoms with Gasteiger partial charge < -0.3 is 10.1 Å². The lowest BCUT2D eigenvalue weighted by Gasteiger charge is -2.10. The zero-order chi connectivity index (χ0) is 15.9. The highest BCUT2D eigenvalue weighted by Crippen LogP contribution is 2.21. The maximum atomic E-state index is 11.8. The van der Waals surface area contributed by atoms with E-state index in [1.165, 1.54) is 0 Å². The Bertz CT molecular complexity index is 685. The van der Waals surface area contributed by atoms with Crippen LogP contribution in [0, 0.1) is 6.92 Å². The summed E-state index contributed by atoms with van der Waals surface area (Å²) in [6.45, 7) is 2.32. The molecule has 0 unspecified atom stereocenters. The number of benzene rings is 2. The first kappa shape index (κ1) is 16.2. The van der Waals surface area contributed by atoms with Crippen molar-refractivity contribution in [2.24, 2.45) is 0 Å². The highest BCUT2D eigenvalue weighted by molar-refractivity contribution is 9.10. The molecule has 0 saturated heterocycles. The first-order chi connectivity index (χ1) is 10.6. The minimum Gasteiger partial charge on any atom is -0.483 e. The van der Waals surface area contributed by atoms with Gasteiger partial charge in [0.25, 0.3) is 5.91 Å². The van der Waals surface area contributed by atoms with Crippen LogP contribution in [0.3, 0.4) is 0 Å². The standard InChI is InChI=1S/C17H16BrNO3/c1-12-4-2-3-5-13(12)9-19-17(21)11-22-16-7-6-15(18)8-14(16)10-20/h2-8,10H,9,11H2,1H3,(H,19,21). The zero-order valence-corrected chi connectivity index (χ0v) is 13.7. The number of ether oxygens (including phenoxy) is 1. The first-order valence-electron chi connectivity index (χ1n) is 6.79. The lowest BCUT2D eigenvalue weighted by Crippen LogP contribution is -2.28. The van der Waals surface area contributed by atoms with Crippen molar-refractivity contribution >= 4 is 28.1 Å². The van der Waals surface area contributed by atoms with Crippen LogP contribution in [0.1, 0.15) is 21.5 Å². The summed E-state index contributed by atoms with van der Waals surface area (Å²) < 4.78 is 6.18. The second kappa shape index (κ2) is 7.75. The third-order valence-corrected chi connectivity index (χ3v) is 3.69. The Morgan fingerprint density at radius 2 is 2.05 bits per heavy atom. The lowest BCUT2D eigenvalue weighted by molar-refractivity contribution is -0.123. The summed E-state index contributed by atoms with van der Waals surface area (Å²) in [5.74, 6) is 0.160. The number of hydrogen-bond donors (Lipinski definition) is 1. The van der Waals surface area contributed by atoms with Gasteiger partial charge in [-0.15, -0.1) is 0 Å². The topological polar surface area (TPSA) is 55.4 Å². The smallest absolute Gasteiger partial charge is 0.258 e. The van der Waals surface area contributed by atoms with E-state index in [1.807, 2.05) is 31.2 Å². The molecule has 0 atom stereocenters. The van der Waals surface area contributed by atoms with E-state index in [0.29, 0.717) is 24.1 Å². The Kier molecular flexibility index (Phi) is 5.72. The van der Waals surface area contributed by atoms with E-state index < -0.39 is 0 Å². The highest BCUT2D eigenvalue weighted by Gasteiger charge is 2.07. The molecule has 2 rings (SSSR count). The van der Waals surface area contributed by atoms with Gasteiger partial charge in [0, 0.05) is 11.0 Å². The predicted octanol–water partition coefficient (Wildman–Crippen LogP) is 3.27. The fourth-order valence-corrected chi connectivity index (χ4v) is 2.32. The van der Waals surface area contributed by atoms with Gasteiger partial charge in [-0.1, -0.05) is 40.2 Å². The number of amides is 1.